The van der Waals surface area contributed by atoms with E-state index in [2.05, 4.69) is 21.2 Å². The molecule has 0 unspecified atom stereocenters. The van der Waals surface area contributed by atoms with E-state index in [9.17, 15) is 4.79 Å². The third-order valence-corrected chi connectivity index (χ3v) is 4.71. The quantitative estimate of drug-likeness (QED) is 0.725. The van der Waals surface area contributed by atoms with Gasteiger partial charge in [0, 0.05) is 31.0 Å². The molecule has 1 aliphatic heterocycles. The Bertz CT molecular complexity index is 907. The van der Waals surface area contributed by atoms with Crippen molar-refractivity contribution in [2.75, 3.05) is 13.1 Å². The summed E-state index contributed by atoms with van der Waals surface area (Å²) in [4.78, 5) is 23.0. The van der Waals surface area contributed by atoms with Crippen LogP contribution in [0.1, 0.15) is 29.4 Å². The second kappa shape index (κ2) is 7.07. The summed E-state index contributed by atoms with van der Waals surface area (Å²) in [5.74, 6) is 1.40. The Labute approximate surface area is 151 Å². The zero-order valence-electron chi connectivity index (χ0n) is 14.6. The van der Waals surface area contributed by atoms with Crippen molar-refractivity contribution < 1.29 is 9.32 Å². The summed E-state index contributed by atoms with van der Waals surface area (Å²) >= 11 is 0. The van der Waals surface area contributed by atoms with E-state index in [-0.39, 0.29) is 11.8 Å². The molecule has 3 heterocycles. The smallest absolute Gasteiger partial charge is 0.231 e. The summed E-state index contributed by atoms with van der Waals surface area (Å²) in [5, 5.41) is 4.06. The van der Waals surface area contributed by atoms with Crippen LogP contribution in [0.25, 0.3) is 11.4 Å². The second-order valence-electron chi connectivity index (χ2n) is 6.68. The molecule has 6 heteroatoms. The fourth-order valence-corrected chi connectivity index (χ4v) is 3.32. The van der Waals surface area contributed by atoms with Crippen LogP contribution in [0.4, 0.5) is 0 Å². The zero-order chi connectivity index (χ0) is 17.9. The van der Waals surface area contributed by atoms with Gasteiger partial charge in [0.25, 0.3) is 0 Å². The van der Waals surface area contributed by atoms with Crippen LogP contribution in [0.15, 0.2) is 53.3 Å². The summed E-state index contributed by atoms with van der Waals surface area (Å²) < 4.78 is 5.45. The van der Waals surface area contributed by atoms with Crippen molar-refractivity contribution in [2.45, 2.75) is 25.7 Å². The van der Waals surface area contributed by atoms with Crippen molar-refractivity contribution >= 4 is 5.91 Å². The van der Waals surface area contributed by atoms with Crippen molar-refractivity contribution in [1.29, 1.82) is 0 Å². The third-order valence-electron chi connectivity index (χ3n) is 4.71. The number of aryl methyl sites for hydroxylation is 1. The SMILES string of the molecule is Cc1cccc(CC(=O)N2CC[C@@H](c3nc(-c4ccncc4)no3)C2)c1. The summed E-state index contributed by atoms with van der Waals surface area (Å²) in [6.07, 6.45) is 4.68. The summed E-state index contributed by atoms with van der Waals surface area (Å²) in [6.45, 7) is 3.39. The molecule has 2 aromatic heterocycles. The van der Waals surface area contributed by atoms with Crippen molar-refractivity contribution in [3.8, 4) is 11.4 Å². The monoisotopic (exact) mass is 348 g/mol. The van der Waals surface area contributed by atoms with Gasteiger partial charge in [0.1, 0.15) is 0 Å². The number of likely N-dealkylation sites (tertiary alicyclic amines) is 1. The van der Waals surface area contributed by atoms with Gasteiger partial charge in [-0.3, -0.25) is 9.78 Å². The Morgan fingerprint density at radius 2 is 2.12 bits per heavy atom. The molecule has 0 spiro atoms. The van der Waals surface area contributed by atoms with E-state index >= 15 is 0 Å². The number of benzene rings is 1. The number of hydrogen-bond acceptors (Lipinski definition) is 5. The van der Waals surface area contributed by atoms with Gasteiger partial charge >= 0.3 is 0 Å². The number of carbonyl (C=O) groups is 1. The summed E-state index contributed by atoms with van der Waals surface area (Å²) in [6, 6.07) is 11.8. The fourth-order valence-electron chi connectivity index (χ4n) is 3.32. The van der Waals surface area contributed by atoms with Gasteiger partial charge in [-0.15, -0.1) is 0 Å². The van der Waals surface area contributed by atoms with Crippen LogP contribution in [-0.2, 0) is 11.2 Å². The van der Waals surface area contributed by atoms with Gasteiger partial charge < -0.3 is 9.42 Å². The molecule has 0 radical (unpaired) electrons. The predicted octanol–water partition coefficient (Wildman–Crippen LogP) is 3.00. The van der Waals surface area contributed by atoms with E-state index in [1.807, 2.05) is 42.2 Å². The van der Waals surface area contributed by atoms with E-state index in [1.54, 1.807) is 12.4 Å². The van der Waals surface area contributed by atoms with Gasteiger partial charge in [-0.2, -0.15) is 4.98 Å². The van der Waals surface area contributed by atoms with Crippen molar-refractivity contribution in [2.24, 2.45) is 0 Å². The van der Waals surface area contributed by atoms with Crippen LogP contribution < -0.4 is 0 Å². The molecule has 132 valence electrons. The Balaban J connectivity index is 1.41. The first-order valence-electron chi connectivity index (χ1n) is 8.76. The summed E-state index contributed by atoms with van der Waals surface area (Å²) in [5.41, 5.74) is 3.10. The molecule has 1 fully saturated rings. The Hall–Kier alpha value is -3.02. The number of carbonyl (C=O) groups excluding carboxylic acids is 1. The molecule has 1 aliphatic rings. The maximum Gasteiger partial charge on any atom is 0.231 e. The number of pyridine rings is 1. The molecule has 1 atom stereocenters. The summed E-state index contributed by atoms with van der Waals surface area (Å²) in [7, 11) is 0. The lowest BCUT2D eigenvalue weighted by Crippen LogP contribution is -2.29. The average Bonchev–Trinajstić information content (AvgIpc) is 3.32. The van der Waals surface area contributed by atoms with Gasteiger partial charge in [0.2, 0.25) is 17.6 Å². The third kappa shape index (κ3) is 3.49. The maximum atomic E-state index is 12.6. The molecular weight excluding hydrogens is 328 g/mol. The highest BCUT2D eigenvalue weighted by Crippen LogP contribution is 2.28. The normalized spacial score (nSPS) is 16.8. The van der Waals surface area contributed by atoms with Gasteiger partial charge in [-0.1, -0.05) is 35.0 Å². The van der Waals surface area contributed by atoms with E-state index in [4.69, 9.17) is 4.52 Å². The van der Waals surface area contributed by atoms with Crippen molar-refractivity contribution in [1.82, 2.24) is 20.0 Å². The van der Waals surface area contributed by atoms with Gasteiger partial charge in [0.05, 0.1) is 12.3 Å². The van der Waals surface area contributed by atoms with Crippen molar-refractivity contribution in [3.05, 3.63) is 65.8 Å². The molecule has 0 aliphatic carbocycles. The Morgan fingerprint density at radius 1 is 1.27 bits per heavy atom. The number of hydrogen-bond donors (Lipinski definition) is 0. The minimum absolute atomic E-state index is 0.0968. The van der Waals surface area contributed by atoms with E-state index in [0.29, 0.717) is 24.7 Å². The lowest BCUT2D eigenvalue weighted by molar-refractivity contribution is -0.129. The molecule has 3 aromatic rings. The van der Waals surface area contributed by atoms with Gasteiger partial charge in [-0.05, 0) is 31.0 Å². The first-order valence-corrected chi connectivity index (χ1v) is 8.76. The van der Waals surface area contributed by atoms with Crippen LogP contribution in [0.2, 0.25) is 0 Å². The average molecular weight is 348 g/mol. The highest BCUT2D eigenvalue weighted by Gasteiger charge is 2.31. The van der Waals surface area contributed by atoms with E-state index in [1.165, 1.54) is 5.56 Å². The van der Waals surface area contributed by atoms with Gasteiger partial charge in [-0.25, -0.2) is 0 Å². The molecule has 1 aromatic carbocycles. The van der Waals surface area contributed by atoms with E-state index in [0.717, 1.165) is 24.1 Å². The van der Waals surface area contributed by atoms with Crippen LogP contribution in [0.3, 0.4) is 0 Å². The standard InChI is InChI=1S/C20H20N4O2/c1-14-3-2-4-15(11-14)12-18(25)24-10-7-17(13-24)20-22-19(23-26-20)16-5-8-21-9-6-16/h2-6,8-9,11,17H,7,10,12-13H2,1H3/t17-/m1/s1. The number of nitrogens with zero attached hydrogens (tertiary/aromatic N) is 4. The first-order chi connectivity index (χ1) is 12.7. The van der Waals surface area contributed by atoms with E-state index < -0.39 is 0 Å². The Morgan fingerprint density at radius 3 is 2.92 bits per heavy atom. The maximum absolute atomic E-state index is 12.6. The molecule has 1 saturated heterocycles. The lowest BCUT2D eigenvalue weighted by Gasteiger charge is -2.16. The molecule has 6 nitrogen and oxygen atoms in total. The highest BCUT2D eigenvalue weighted by molar-refractivity contribution is 5.79. The van der Waals surface area contributed by atoms with Crippen LogP contribution in [0.5, 0.6) is 0 Å². The van der Waals surface area contributed by atoms with Crippen LogP contribution in [0, 0.1) is 6.92 Å². The minimum Gasteiger partial charge on any atom is -0.342 e. The van der Waals surface area contributed by atoms with Crippen LogP contribution >= 0.6 is 0 Å². The van der Waals surface area contributed by atoms with Crippen molar-refractivity contribution in [3.63, 3.8) is 0 Å². The highest BCUT2D eigenvalue weighted by atomic mass is 16.5. The predicted molar refractivity (Wildman–Crippen MR) is 96.4 cm³/mol. The minimum atomic E-state index is 0.0968. The molecule has 0 N–H and O–H groups in total. The topological polar surface area (TPSA) is 72.1 Å². The molecule has 4 rings (SSSR count). The molecule has 1 amide bonds. The largest absolute Gasteiger partial charge is 0.342 e. The molecule has 0 bridgehead atoms. The molecule has 26 heavy (non-hydrogen) atoms. The van der Waals surface area contributed by atoms with Crippen LogP contribution in [-0.4, -0.2) is 39.0 Å². The molecular formula is C20H20N4O2. The number of amides is 1. The first kappa shape index (κ1) is 16.4. The Kier molecular flexibility index (Phi) is 4.48. The second-order valence-corrected chi connectivity index (χ2v) is 6.68. The lowest BCUT2D eigenvalue weighted by atomic mass is 10.1. The van der Waals surface area contributed by atoms with Gasteiger partial charge in [0.15, 0.2) is 0 Å². The number of rotatable bonds is 4. The zero-order valence-corrected chi connectivity index (χ0v) is 14.6. The molecule has 0 saturated carbocycles. The fraction of sp³-hybridized carbons (Fsp3) is 0.300. The number of aromatic nitrogens is 3.